The molecule has 2 atom stereocenters. The summed E-state index contributed by atoms with van der Waals surface area (Å²) in [6.45, 7) is 0. The van der Waals surface area contributed by atoms with Gasteiger partial charge in [0.15, 0.2) is 12.2 Å². The van der Waals surface area contributed by atoms with Crippen LogP contribution in [-0.4, -0.2) is 50.8 Å². The summed E-state index contributed by atoms with van der Waals surface area (Å²) in [5.41, 5.74) is 0. The quantitative estimate of drug-likeness (QED) is 0.515. The molecule has 2 unspecified atom stereocenters. The minimum Gasteiger partial charge on any atom is -0.479 e. The molecule has 0 aliphatic carbocycles. The molecule has 0 aromatic rings. The predicted octanol–water partition coefficient (Wildman–Crippen LogP) is -0.804. The normalized spacial score (nSPS) is 15.9. The number of aliphatic hydroxyl groups excluding tert-OH is 2. The highest BCUT2D eigenvalue weighted by Gasteiger charge is 2.29. The van der Waals surface area contributed by atoms with Gasteiger partial charge in [-0.05, 0) is 21.7 Å². The van der Waals surface area contributed by atoms with Crippen molar-refractivity contribution in [2.45, 2.75) is 12.2 Å². The zero-order valence-electron chi connectivity index (χ0n) is 8.73. The molecule has 1 aliphatic rings. The molecule has 0 radical (unpaired) electrons. The lowest BCUT2D eigenvalue weighted by Crippen LogP contribution is -2.39. The van der Waals surface area contributed by atoms with Crippen LogP contribution in [0.2, 0.25) is 0 Å². The van der Waals surface area contributed by atoms with Crippen LogP contribution >= 0.6 is 0 Å². The number of aliphatic carboxylic acids is 2. The molecule has 4 N–H and O–H groups in total. The van der Waals surface area contributed by atoms with E-state index >= 15 is 0 Å². The lowest BCUT2D eigenvalue weighted by atomic mass is 10.2. The van der Waals surface area contributed by atoms with Crippen LogP contribution in [0.15, 0.2) is 38.2 Å². The fraction of sp³-hybridized carbons (Fsp3) is 0.286. The van der Waals surface area contributed by atoms with Gasteiger partial charge < -0.3 is 20.4 Å². The molecule has 98 valence electrons. The number of carboxylic acids is 2. The van der Waals surface area contributed by atoms with E-state index in [1.807, 2.05) is 0 Å². The Bertz CT molecular complexity index is 329. The van der Waals surface area contributed by atoms with Gasteiger partial charge in [-0.3, -0.25) is 0 Å². The number of carboxylic acid groups (broad SMARTS) is 2. The Morgan fingerprint density at radius 2 is 1.50 bits per heavy atom. The molecule has 0 aromatic carbocycles. The number of hydrogen-bond donors (Lipinski definition) is 4. The van der Waals surface area contributed by atoms with Gasteiger partial charge in [0.25, 0.3) is 0 Å². The first kappa shape index (κ1) is 15.5. The Morgan fingerprint density at radius 1 is 0.944 bits per heavy atom. The van der Waals surface area contributed by atoms with Gasteiger partial charge in [-0.1, -0.05) is 0 Å². The summed E-state index contributed by atoms with van der Waals surface area (Å²) >= 11 is 0. The van der Waals surface area contributed by atoms with E-state index < -0.39 is 24.1 Å². The molecule has 0 spiro atoms. The van der Waals surface area contributed by atoms with Crippen molar-refractivity contribution in [1.82, 2.24) is 0 Å². The second kappa shape index (κ2) is 8.60. The molecule has 0 fully saturated rings. The Hall–Kier alpha value is -2.53. The highest BCUT2D eigenvalue weighted by molar-refractivity contribution is 5.83. The number of aliphatic hydroxyl groups is 2. The number of hydrogen-bond acceptors (Lipinski definition) is 9. The summed E-state index contributed by atoms with van der Waals surface area (Å²) in [6.07, 6.45) is 0.0281. The molecule has 0 amide bonds. The maximum Gasteiger partial charge on any atom is 0.335 e. The number of rotatable bonds is 3. The van der Waals surface area contributed by atoms with Gasteiger partial charge in [-0.25, -0.2) is 9.59 Å². The van der Waals surface area contributed by atoms with E-state index in [0.717, 1.165) is 0 Å². The topological polar surface area (TPSA) is 177 Å². The van der Waals surface area contributed by atoms with Gasteiger partial charge in [-0.2, -0.15) is 0 Å². The van der Waals surface area contributed by atoms with Gasteiger partial charge in [0, 0.05) is 0 Å². The zero-order chi connectivity index (χ0) is 14.0. The third-order valence-corrected chi connectivity index (χ3v) is 1.29. The number of carbonyl (C=O) groups is 2. The van der Waals surface area contributed by atoms with Crippen molar-refractivity contribution in [3.63, 3.8) is 0 Å². The third-order valence-electron chi connectivity index (χ3n) is 1.29. The Morgan fingerprint density at radius 3 is 2.00 bits per heavy atom. The van der Waals surface area contributed by atoms with Crippen LogP contribution in [0.4, 0.5) is 0 Å². The smallest absolute Gasteiger partial charge is 0.335 e. The van der Waals surface area contributed by atoms with Gasteiger partial charge >= 0.3 is 11.9 Å². The fourth-order valence-electron chi connectivity index (χ4n) is 0.509. The molecule has 11 heteroatoms. The zero-order valence-corrected chi connectivity index (χ0v) is 8.73. The van der Waals surface area contributed by atoms with Crippen LogP contribution in [0, 0.1) is 0 Å². The number of allylic oxidation sites excluding steroid dienone is 1. The van der Waals surface area contributed by atoms with Crippen molar-refractivity contribution in [1.29, 1.82) is 0 Å². The molecular weight excluding hydrogens is 250 g/mol. The van der Waals surface area contributed by atoms with Crippen LogP contribution in [0.25, 0.3) is 0 Å². The Balaban J connectivity index is 0.000000327. The minimum atomic E-state index is -2.27. The highest BCUT2D eigenvalue weighted by Crippen LogP contribution is 1.92. The summed E-state index contributed by atoms with van der Waals surface area (Å²) in [4.78, 5) is 19.5. The van der Waals surface area contributed by atoms with Crippen molar-refractivity contribution in [3.05, 3.63) is 12.3 Å². The summed E-state index contributed by atoms with van der Waals surface area (Å²) < 4.78 is 0. The van der Waals surface area contributed by atoms with Crippen LogP contribution in [0.3, 0.4) is 0 Å². The van der Waals surface area contributed by atoms with Gasteiger partial charge in [0.2, 0.25) is 0 Å². The summed E-state index contributed by atoms with van der Waals surface area (Å²) in [5, 5.41) is 49.0. The largest absolute Gasteiger partial charge is 0.479 e. The first-order chi connectivity index (χ1) is 8.46. The monoisotopic (exact) mass is 259 g/mol. The van der Waals surface area contributed by atoms with Crippen molar-refractivity contribution in [3.8, 4) is 0 Å². The molecule has 0 bridgehead atoms. The lowest BCUT2D eigenvalue weighted by molar-refractivity contribution is -0.165. The van der Waals surface area contributed by atoms with E-state index in [9.17, 15) is 9.59 Å². The highest BCUT2D eigenvalue weighted by atomic mass is 16.4. The van der Waals surface area contributed by atoms with Gasteiger partial charge in [0.1, 0.15) is 0 Å². The standard InChI is InChI=1S/C4H6O6.C3H3N5/c5-1(3(7)8)2(6)4(9)10;1-2-4-6-8-7-5-3-1/h1-2,5-6H,(H,7,8)(H,9,10);1-3H. The van der Waals surface area contributed by atoms with E-state index in [-0.39, 0.29) is 0 Å². The van der Waals surface area contributed by atoms with Crippen molar-refractivity contribution < 1.29 is 30.0 Å². The molecule has 1 rings (SSSR count). The maximum absolute atomic E-state index is 9.77. The van der Waals surface area contributed by atoms with Crippen molar-refractivity contribution in [2.24, 2.45) is 25.9 Å². The lowest BCUT2D eigenvalue weighted by Gasteiger charge is -2.07. The molecular formula is C7H9N5O6. The van der Waals surface area contributed by atoms with Crippen LogP contribution < -0.4 is 0 Å². The Kier molecular flexibility index (Phi) is 7.39. The van der Waals surface area contributed by atoms with Crippen molar-refractivity contribution in [2.75, 3.05) is 0 Å². The van der Waals surface area contributed by atoms with Crippen LogP contribution in [-0.2, 0) is 9.59 Å². The van der Waals surface area contributed by atoms with Crippen molar-refractivity contribution >= 4 is 18.2 Å². The van der Waals surface area contributed by atoms with E-state index in [1.165, 1.54) is 12.4 Å². The summed E-state index contributed by atoms with van der Waals surface area (Å²) in [6, 6.07) is 0. The van der Waals surface area contributed by atoms with Gasteiger partial charge in [0.05, 0.1) is 12.4 Å². The van der Waals surface area contributed by atoms with Gasteiger partial charge in [-0.15, -0.1) is 10.2 Å². The number of nitrogens with zero attached hydrogens (tertiary/aromatic N) is 5. The SMILES string of the molecule is C1=CN=NN=NN=C1.O=C(O)C(O)C(O)C(=O)O. The third kappa shape index (κ3) is 6.86. The summed E-state index contributed by atoms with van der Waals surface area (Å²) in [5.74, 6) is -3.54. The average molecular weight is 259 g/mol. The second-order valence-corrected chi connectivity index (χ2v) is 2.56. The Labute approximate surface area is 99.5 Å². The second-order valence-electron chi connectivity index (χ2n) is 2.56. The van der Waals surface area contributed by atoms with E-state index in [4.69, 9.17) is 20.4 Å². The molecule has 0 aromatic heterocycles. The fourth-order valence-corrected chi connectivity index (χ4v) is 0.509. The molecule has 0 saturated carbocycles. The predicted molar refractivity (Wildman–Crippen MR) is 54.6 cm³/mol. The van der Waals surface area contributed by atoms with E-state index in [0.29, 0.717) is 0 Å². The summed E-state index contributed by atoms with van der Waals surface area (Å²) in [7, 11) is 0. The van der Waals surface area contributed by atoms with E-state index in [2.05, 4.69) is 25.9 Å². The molecule has 1 aliphatic heterocycles. The van der Waals surface area contributed by atoms with Crippen LogP contribution in [0.5, 0.6) is 0 Å². The molecule has 0 saturated heterocycles. The average Bonchev–Trinajstić information content (AvgIpc) is 2.26. The first-order valence-corrected chi connectivity index (χ1v) is 4.27. The minimum absolute atomic E-state index is 1.47. The molecule has 1 heterocycles. The molecule has 11 nitrogen and oxygen atoms in total. The first-order valence-electron chi connectivity index (χ1n) is 4.27. The maximum atomic E-state index is 9.77. The molecule has 18 heavy (non-hydrogen) atoms. The van der Waals surface area contributed by atoms with E-state index in [1.54, 1.807) is 6.08 Å². The van der Waals surface area contributed by atoms with Crippen LogP contribution in [0.1, 0.15) is 0 Å².